The molecule has 0 spiro atoms. The third-order valence-electron chi connectivity index (χ3n) is 3.39. The van der Waals surface area contributed by atoms with Crippen LogP contribution in [0.2, 0.25) is 13.1 Å². The van der Waals surface area contributed by atoms with Crippen molar-refractivity contribution in [2.75, 3.05) is 6.61 Å². The zero-order valence-electron chi connectivity index (χ0n) is 13.2. The Balaban J connectivity index is 2.72. The van der Waals surface area contributed by atoms with Crippen molar-refractivity contribution in [1.82, 2.24) is 0 Å². The summed E-state index contributed by atoms with van der Waals surface area (Å²) in [5.74, 6) is 0.612. The maximum Gasteiger partial charge on any atom is 0.340 e. The second kappa shape index (κ2) is 5.75. The van der Waals surface area contributed by atoms with Gasteiger partial charge >= 0.3 is 5.97 Å². The lowest BCUT2D eigenvalue weighted by atomic mass is 9.79. The van der Waals surface area contributed by atoms with E-state index in [9.17, 15) is 4.79 Å². The molecule has 1 rings (SSSR count). The van der Waals surface area contributed by atoms with E-state index in [1.807, 2.05) is 0 Å². The largest absolute Gasteiger partial charge is 0.420 e. The van der Waals surface area contributed by atoms with Crippen molar-refractivity contribution in [2.45, 2.75) is 59.7 Å². The smallest absolute Gasteiger partial charge is 0.340 e. The van der Waals surface area contributed by atoms with Crippen LogP contribution >= 0.6 is 0 Å². The fourth-order valence-corrected chi connectivity index (χ4v) is 2.45. The summed E-state index contributed by atoms with van der Waals surface area (Å²) in [6, 6.07) is 0. The number of carbonyl (C=O) groups excluding carboxylic acids is 1. The van der Waals surface area contributed by atoms with E-state index in [0.717, 1.165) is 0 Å². The molecule has 5 heteroatoms. The molecule has 0 N–H and O–H groups in total. The molecule has 0 aliphatic carbocycles. The van der Waals surface area contributed by atoms with Crippen LogP contribution in [0.5, 0.6) is 0 Å². The first-order valence-corrected chi connectivity index (χ1v) is 9.73. The van der Waals surface area contributed by atoms with Crippen molar-refractivity contribution in [3.63, 3.8) is 0 Å². The van der Waals surface area contributed by atoms with Crippen molar-refractivity contribution in [1.29, 1.82) is 0 Å². The Labute approximate surface area is 118 Å². The highest BCUT2D eigenvalue weighted by molar-refractivity contribution is 6.48. The molecular formula is C14H27NO3Si. The lowest BCUT2D eigenvalue weighted by Crippen LogP contribution is -2.30. The highest BCUT2D eigenvalue weighted by Gasteiger charge is 2.38. The minimum Gasteiger partial charge on any atom is -0.420 e. The Kier molecular flexibility index (Phi) is 4.95. The molecule has 0 amide bonds. The molecule has 1 unspecified atom stereocenters. The van der Waals surface area contributed by atoms with E-state index in [0.29, 0.717) is 24.8 Å². The zero-order valence-corrected chi connectivity index (χ0v) is 14.4. The van der Waals surface area contributed by atoms with Gasteiger partial charge in [0.2, 0.25) is 0 Å². The number of cyclic esters (lactones) is 1. The lowest BCUT2D eigenvalue weighted by molar-refractivity contribution is -0.138. The average Bonchev–Trinajstić information content (AvgIpc) is 2.45. The quantitative estimate of drug-likeness (QED) is 0.576. The zero-order chi connectivity index (χ0) is 14.8. The van der Waals surface area contributed by atoms with Crippen LogP contribution < -0.4 is 0 Å². The van der Waals surface area contributed by atoms with E-state index < -0.39 is 14.6 Å². The molecule has 0 bridgehead atoms. The Bertz CT molecular complexity index is 369. The Morgan fingerprint density at radius 3 is 2.32 bits per heavy atom. The van der Waals surface area contributed by atoms with Crippen molar-refractivity contribution in [3.05, 3.63) is 0 Å². The van der Waals surface area contributed by atoms with Crippen LogP contribution in [0.15, 0.2) is 4.99 Å². The van der Waals surface area contributed by atoms with Gasteiger partial charge in [0.25, 0.3) is 0 Å². The number of hydrogen-bond acceptors (Lipinski definition) is 4. The molecule has 0 aromatic carbocycles. The molecule has 1 aliphatic heterocycles. The molecule has 1 atom stereocenters. The summed E-state index contributed by atoms with van der Waals surface area (Å²) in [5, 5.41) is 0. The summed E-state index contributed by atoms with van der Waals surface area (Å²) in [6.07, 6.45) is 0.666. The minimum atomic E-state index is -1.03. The topological polar surface area (TPSA) is 47.9 Å². The molecule has 0 saturated heterocycles. The average molecular weight is 285 g/mol. The van der Waals surface area contributed by atoms with E-state index >= 15 is 0 Å². The molecule has 0 radical (unpaired) electrons. The van der Waals surface area contributed by atoms with Crippen molar-refractivity contribution in [2.24, 2.45) is 16.3 Å². The maximum atomic E-state index is 11.6. The second-order valence-corrected chi connectivity index (χ2v) is 9.53. The first-order valence-electron chi connectivity index (χ1n) is 6.95. The number of esters is 1. The van der Waals surface area contributed by atoms with Crippen LogP contribution in [0, 0.1) is 11.3 Å². The van der Waals surface area contributed by atoms with Crippen molar-refractivity contribution in [3.8, 4) is 0 Å². The van der Waals surface area contributed by atoms with Gasteiger partial charge in [0.05, 0.1) is 0 Å². The summed E-state index contributed by atoms with van der Waals surface area (Å²) < 4.78 is 11.1. The van der Waals surface area contributed by atoms with Gasteiger partial charge in [0.1, 0.15) is 0 Å². The van der Waals surface area contributed by atoms with E-state index in [2.05, 4.69) is 38.9 Å². The van der Waals surface area contributed by atoms with Crippen LogP contribution in [0.3, 0.4) is 0 Å². The highest BCUT2D eigenvalue weighted by Crippen LogP contribution is 2.32. The predicted octanol–water partition coefficient (Wildman–Crippen LogP) is 2.77. The number of nitrogens with zero attached hydrogens (tertiary/aromatic N) is 1. The Hall–Kier alpha value is -0.683. The molecule has 19 heavy (non-hydrogen) atoms. The van der Waals surface area contributed by atoms with Crippen LogP contribution in [0.1, 0.15) is 41.0 Å². The van der Waals surface area contributed by atoms with E-state index in [4.69, 9.17) is 9.16 Å². The van der Waals surface area contributed by atoms with Crippen LogP contribution in [-0.2, 0) is 14.0 Å². The van der Waals surface area contributed by atoms with E-state index in [-0.39, 0.29) is 11.4 Å². The number of carbonyl (C=O) groups is 1. The van der Waals surface area contributed by atoms with Gasteiger partial charge in [-0.1, -0.05) is 20.8 Å². The molecule has 4 nitrogen and oxygen atoms in total. The molecule has 1 heterocycles. The number of aliphatic imine (C=N–C) groups is 1. The lowest BCUT2D eigenvalue weighted by Gasteiger charge is -2.30. The fourth-order valence-electron chi connectivity index (χ4n) is 1.83. The standard InChI is InChI=1S/C14H27NO3Si/c1-13(2,3)10(9-17-19(6)7)8-11-15-14(4,5)12(16)18-11/h10,19H,8-9H2,1-7H3. The molecule has 0 saturated carbocycles. The van der Waals surface area contributed by atoms with Crippen molar-refractivity contribution < 1.29 is 14.0 Å². The fraction of sp³-hybridized carbons (Fsp3) is 0.857. The van der Waals surface area contributed by atoms with Gasteiger partial charge in [-0.15, -0.1) is 0 Å². The highest BCUT2D eigenvalue weighted by atomic mass is 28.3. The first kappa shape index (κ1) is 16.4. The van der Waals surface area contributed by atoms with E-state index in [1.54, 1.807) is 13.8 Å². The molecule has 110 valence electrons. The summed E-state index contributed by atoms with van der Waals surface area (Å²) in [6.45, 7) is 15.2. The Morgan fingerprint density at radius 1 is 1.37 bits per heavy atom. The van der Waals surface area contributed by atoms with Crippen LogP contribution in [0.4, 0.5) is 0 Å². The van der Waals surface area contributed by atoms with E-state index in [1.165, 1.54) is 0 Å². The third kappa shape index (κ3) is 4.73. The van der Waals surface area contributed by atoms with Gasteiger partial charge in [-0.3, -0.25) is 0 Å². The molecule has 1 aliphatic rings. The summed E-state index contributed by atoms with van der Waals surface area (Å²) in [4.78, 5) is 16.0. The predicted molar refractivity (Wildman–Crippen MR) is 80.0 cm³/mol. The summed E-state index contributed by atoms with van der Waals surface area (Å²) >= 11 is 0. The van der Waals surface area contributed by atoms with Gasteiger partial charge < -0.3 is 9.16 Å². The molecule has 0 aromatic heterocycles. The van der Waals surface area contributed by atoms with Crippen LogP contribution in [0.25, 0.3) is 0 Å². The number of rotatable bonds is 5. The van der Waals surface area contributed by atoms with Gasteiger partial charge in [-0.05, 0) is 38.3 Å². The maximum absolute atomic E-state index is 11.6. The number of hydrogen-bond donors (Lipinski definition) is 0. The monoisotopic (exact) mass is 285 g/mol. The van der Waals surface area contributed by atoms with Gasteiger partial charge in [-0.25, -0.2) is 9.79 Å². The Morgan fingerprint density at radius 2 is 1.95 bits per heavy atom. The van der Waals surface area contributed by atoms with Gasteiger partial charge in [0, 0.05) is 13.0 Å². The number of ether oxygens (including phenoxy) is 1. The van der Waals surface area contributed by atoms with Crippen molar-refractivity contribution >= 4 is 20.9 Å². The van der Waals surface area contributed by atoms with Crippen LogP contribution in [-0.4, -0.2) is 33.1 Å². The van der Waals surface area contributed by atoms with Gasteiger partial charge in [0.15, 0.2) is 20.5 Å². The molecule has 0 aromatic rings. The third-order valence-corrected chi connectivity index (χ3v) is 4.25. The second-order valence-electron chi connectivity index (χ2n) is 7.10. The summed E-state index contributed by atoms with van der Waals surface area (Å²) in [5.41, 5.74) is -0.629. The SMILES string of the molecule is C[SiH](C)OCC(CC1=NC(C)(C)C(=O)O1)C(C)(C)C. The summed E-state index contributed by atoms with van der Waals surface area (Å²) in [7, 11) is -1.03. The first-order chi connectivity index (χ1) is 8.52. The molecule has 0 fully saturated rings. The molecular weight excluding hydrogens is 258 g/mol. The normalized spacial score (nSPS) is 20.4. The van der Waals surface area contributed by atoms with Gasteiger partial charge in [-0.2, -0.15) is 0 Å². The minimum absolute atomic E-state index is 0.102.